The molecule has 0 aliphatic rings. The summed E-state index contributed by atoms with van der Waals surface area (Å²) < 4.78 is 38.5. The molecule has 0 amide bonds. The zero-order valence-electron chi connectivity index (χ0n) is 6.58. The van der Waals surface area contributed by atoms with Gasteiger partial charge in [0, 0.05) is 0 Å². The van der Waals surface area contributed by atoms with Crippen molar-refractivity contribution in [1.82, 2.24) is 0 Å². The third-order valence-electron chi connectivity index (χ3n) is 1.59. The summed E-state index contributed by atoms with van der Waals surface area (Å²) in [7, 11) is 0. The summed E-state index contributed by atoms with van der Waals surface area (Å²) >= 11 is 5.13. The first-order valence-electron chi connectivity index (χ1n) is 3.60. The van der Waals surface area contributed by atoms with Crippen molar-refractivity contribution >= 4 is 11.6 Å². The summed E-state index contributed by atoms with van der Waals surface area (Å²) in [6, 6.07) is 0.855. The molecule has 0 fully saturated rings. The van der Waals surface area contributed by atoms with Crippen LogP contribution in [0.25, 0.3) is 0 Å². The van der Waals surface area contributed by atoms with Gasteiger partial charge in [-0.25, -0.2) is 13.2 Å². The Kier molecular flexibility index (Phi) is 3.17. The zero-order valence-corrected chi connectivity index (χ0v) is 7.34. The smallest absolute Gasteiger partial charge is 0.180 e. The summed E-state index contributed by atoms with van der Waals surface area (Å²) in [4.78, 5) is 0. The van der Waals surface area contributed by atoms with E-state index in [1.54, 1.807) is 0 Å². The van der Waals surface area contributed by atoms with Gasteiger partial charge in [-0.05, 0) is 24.6 Å². The van der Waals surface area contributed by atoms with Gasteiger partial charge >= 0.3 is 0 Å². The molecule has 0 unspecified atom stereocenters. The Hall–Kier alpha value is -0.740. The average Bonchev–Trinajstić information content (AvgIpc) is 2.11. The van der Waals surface area contributed by atoms with Gasteiger partial charge < -0.3 is 5.73 Å². The van der Waals surface area contributed by atoms with E-state index in [0.29, 0.717) is 0 Å². The maximum atomic E-state index is 12.9. The minimum absolute atomic E-state index is 0.0802. The molecule has 72 valence electrons. The van der Waals surface area contributed by atoms with Gasteiger partial charge in [-0.3, -0.25) is 0 Å². The SMILES string of the molecule is NCCc1cc(F)c(Cl)c(F)c1F. The molecule has 0 aromatic heterocycles. The van der Waals surface area contributed by atoms with E-state index in [1.807, 2.05) is 0 Å². The molecule has 13 heavy (non-hydrogen) atoms. The molecule has 0 heterocycles. The first-order valence-corrected chi connectivity index (χ1v) is 3.97. The third kappa shape index (κ3) is 1.95. The molecule has 2 N–H and O–H groups in total. The van der Waals surface area contributed by atoms with Crippen LogP contribution in [0.15, 0.2) is 6.07 Å². The van der Waals surface area contributed by atoms with Gasteiger partial charge in [0.1, 0.15) is 10.8 Å². The number of rotatable bonds is 2. The second kappa shape index (κ2) is 3.98. The summed E-state index contributed by atoms with van der Waals surface area (Å²) in [5, 5.41) is -0.821. The van der Waals surface area contributed by atoms with Crippen molar-refractivity contribution in [3.05, 3.63) is 34.1 Å². The Balaban J connectivity index is 3.24. The molecule has 0 bridgehead atoms. The van der Waals surface area contributed by atoms with Gasteiger partial charge in [0.2, 0.25) is 0 Å². The molecule has 1 rings (SSSR count). The fourth-order valence-electron chi connectivity index (χ4n) is 0.959. The van der Waals surface area contributed by atoms with Crippen molar-refractivity contribution in [2.24, 2.45) is 5.73 Å². The van der Waals surface area contributed by atoms with Crippen molar-refractivity contribution in [2.75, 3.05) is 6.54 Å². The standard InChI is InChI=1S/C8H7ClF3N/c9-6-5(10)3-4(1-2-13)7(11)8(6)12/h3H,1-2,13H2. The van der Waals surface area contributed by atoms with Crippen LogP contribution < -0.4 is 5.73 Å². The van der Waals surface area contributed by atoms with E-state index in [2.05, 4.69) is 0 Å². The highest BCUT2D eigenvalue weighted by Gasteiger charge is 2.16. The largest absolute Gasteiger partial charge is 0.330 e. The first kappa shape index (κ1) is 10.3. The lowest BCUT2D eigenvalue weighted by Crippen LogP contribution is -2.06. The van der Waals surface area contributed by atoms with Gasteiger partial charge in [-0.2, -0.15) is 0 Å². The summed E-state index contributed by atoms with van der Waals surface area (Å²) in [6.07, 6.45) is 0.0802. The van der Waals surface area contributed by atoms with Crippen LogP contribution in [-0.4, -0.2) is 6.54 Å². The number of nitrogens with two attached hydrogens (primary N) is 1. The molecule has 0 spiro atoms. The molecule has 0 saturated heterocycles. The van der Waals surface area contributed by atoms with Crippen molar-refractivity contribution in [2.45, 2.75) is 6.42 Å². The van der Waals surface area contributed by atoms with Gasteiger partial charge in [-0.1, -0.05) is 11.6 Å². The van der Waals surface area contributed by atoms with Crippen LogP contribution in [-0.2, 0) is 6.42 Å². The number of halogens is 4. The quantitative estimate of drug-likeness (QED) is 0.587. The minimum Gasteiger partial charge on any atom is -0.330 e. The van der Waals surface area contributed by atoms with Crippen LogP contribution in [0.1, 0.15) is 5.56 Å². The lowest BCUT2D eigenvalue weighted by atomic mass is 10.1. The Labute approximate surface area is 78.3 Å². The van der Waals surface area contributed by atoms with Crippen molar-refractivity contribution in [3.8, 4) is 0 Å². The highest BCUT2D eigenvalue weighted by molar-refractivity contribution is 6.30. The van der Waals surface area contributed by atoms with E-state index >= 15 is 0 Å². The van der Waals surface area contributed by atoms with E-state index in [4.69, 9.17) is 17.3 Å². The zero-order chi connectivity index (χ0) is 10.0. The number of hydrogen-bond donors (Lipinski definition) is 1. The van der Waals surface area contributed by atoms with Gasteiger partial charge in [0.25, 0.3) is 0 Å². The maximum Gasteiger partial charge on any atom is 0.180 e. The van der Waals surface area contributed by atoms with Gasteiger partial charge in [-0.15, -0.1) is 0 Å². The lowest BCUT2D eigenvalue weighted by molar-refractivity contribution is 0.485. The van der Waals surface area contributed by atoms with E-state index in [-0.39, 0.29) is 18.5 Å². The predicted octanol–water partition coefficient (Wildman–Crippen LogP) is 2.26. The molecule has 1 nitrogen and oxygen atoms in total. The normalized spacial score (nSPS) is 10.5. The Morgan fingerprint density at radius 3 is 2.38 bits per heavy atom. The Bertz CT molecular complexity index is 328. The van der Waals surface area contributed by atoms with E-state index in [1.165, 1.54) is 0 Å². The molecule has 0 radical (unpaired) electrons. The van der Waals surface area contributed by atoms with Gasteiger partial charge in [0.15, 0.2) is 11.6 Å². The summed E-state index contributed by atoms with van der Waals surface area (Å²) in [5.41, 5.74) is 5.03. The Morgan fingerprint density at radius 2 is 1.85 bits per heavy atom. The minimum atomic E-state index is -1.36. The van der Waals surface area contributed by atoms with E-state index in [0.717, 1.165) is 6.07 Å². The van der Waals surface area contributed by atoms with Crippen LogP contribution in [0.4, 0.5) is 13.2 Å². The first-order chi connectivity index (χ1) is 6.07. The summed E-state index contributed by atoms with van der Waals surface area (Å²) in [6.45, 7) is 0.122. The van der Waals surface area contributed by atoms with Crippen LogP contribution in [0.5, 0.6) is 0 Å². The third-order valence-corrected chi connectivity index (χ3v) is 1.94. The van der Waals surface area contributed by atoms with Crippen molar-refractivity contribution in [1.29, 1.82) is 0 Å². The maximum absolute atomic E-state index is 12.9. The van der Waals surface area contributed by atoms with Crippen molar-refractivity contribution < 1.29 is 13.2 Å². The molecule has 1 aromatic carbocycles. The second-order valence-corrected chi connectivity index (χ2v) is 2.88. The topological polar surface area (TPSA) is 26.0 Å². The van der Waals surface area contributed by atoms with E-state index < -0.39 is 22.5 Å². The lowest BCUT2D eigenvalue weighted by Gasteiger charge is -2.04. The molecular weight excluding hydrogens is 203 g/mol. The van der Waals surface area contributed by atoms with Crippen LogP contribution in [0, 0.1) is 17.5 Å². The van der Waals surface area contributed by atoms with Crippen LogP contribution in [0.3, 0.4) is 0 Å². The summed E-state index contributed by atoms with van der Waals surface area (Å²) in [5.74, 6) is -3.45. The predicted molar refractivity (Wildman–Crippen MR) is 44.1 cm³/mol. The van der Waals surface area contributed by atoms with Crippen molar-refractivity contribution in [3.63, 3.8) is 0 Å². The fourth-order valence-corrected chi connectivity index (χ4v) is 1.10. The molecule has 0 atom stereocenters. The highest BCUT2D eigenvalue weighted by Crippen LogP contribution is 2.24. The molecule has 0 aliphatic carbocycles. The molecule has 0 aliphatic heterocycles. The second-order valence-electron chi connectivity index (χ2n) is 2.50. The number of benzene rings is 1. The van der Waals surface area contributed by atoms with Crippen LogP contribution in [0.2, 0.25) is 5.02 Å². The molecular formula is C8H7ClF3N. The number of hydrogen-bond acceptors (Lipinski definition) is 1. The van der Waals surface area contributed by atoms with Crippen LogP contribution >= 0.6 is 11.6 Å². The monoisotopic (exact) mass is 209 g/mol. The molecule has 1 aromatic rings. The average molecular weight is 210 g/mol. The van der Waals surface area contributed by atoms with E-state index in [9.17, 15) is 13.2 Å². The highest BCUT2D eigenvalue weighted by atomic mass is 35.5. The van der Waals surface area contributed by atoms with Gasteiger partial charge in [0.05, 0.1) is 0 Å². The Morgan fingerprint density at radius 1 is 1.23 bits per heavy atom. The molecule has 0 saturated carbocycles. The molecule has 5 heteroatoms. The fraction of sp³-hybridized carbons (Fsp3) is 0.250.